The molecule has 5 heteroatoms. The van der Waals surface area contributed by atoms with Crippen LogP contribution in [0.25, 0.3) is 0 Å². The van der Waals surface area contributed by atoms with Crippen LogP contribution in [-0.2, 0) is 11.3 Å². The van der Waals surface area contributed by atoms with E-state index < -0.39 is 0 Å². The van der Waals surface area contributed by atoms with E-state index in [-0.39, 0.29) is 6.09 Å². The van der Waals surface area contributed by atoms with Gasteiger partial charge in [-0.25, -0.2) is 0 Å². The van der Waals surface area contributed by atoms with Gasteiger partial charge >= 0.3 is 157 Å². The van der Waals surface area contributed by atoms with Crippen molar-refractivity contribution < 1.29 is 9.53 Å². The quantitative estimate of drug-likeness (QED) is 0.528. The number of rotatable bonds is 4. The first-order valence-electron chi connectivity index (χ1n) is 8.07. The molecule has 0 radical (unpaired) electrons. The van der Waals surface area contributed by atoms with Gasteiger partial charge in [0.2, 0.25) is 0 Å². The number of carbonyl (C=O) groups excluding carboxylic acids is 1. The fraction of sp³-hybridized carbons (Fsp3) is 0.316. The van der Waals surface area contributed by atoms with Crippen molar-refractivity contribution in [1.29, 1.82) is 0 Å². The molecule has 1 saturated carbocycles. The monoisotopic (exact) mass is 451 g/mol. The standard InChI is InChI=1S/C19H18BrNO2Se/c20-16-15-11-21(19(22)23-12-13-7-3-1-4-8-13)17(15)18(16)24-14-9-5-2-6-10-14/h1-10,15-18H,11-12H2/t15-,16+,17-,18?/m1/s1. The Hall–Kier alpha value is -1.29. The second-order valence-electron chi connectivity index (χ2n) is 6.19. The fourth-order valence-electron chi connectivity index (χ4n) is 3.34. The average molecular weight is 451 g/mol. The van der Waals surface area contributed by atoms with E-state index in [0.717, 1.165) is 12.1 Å². The Morgan fingerprint density at radius 3 is 2.50 bits per heavy atom. The number of fused-ring (bicyclic) bond motifs is 1. The van der Waals surface area contributed by atoms with Gasteiger partial charge < -0.3 is 0 Å². The average Bonchev–Trinajstić information content (AvgIpc) is 2.60. The van der Waals surface area contributed by atoms with Crippen LogP contribution in [-0.4, -0.2) is 43.4 Å². The molecule has 2 fully saturated rings. The van der Waals surface area contributed by atoms with Crippen molar-refractivity contribution in [2.45, 2.75) is 22.3 Å². The van der Waals surface area contributed by atoms with Gasteiger partial charge in [0.25, 0.3) is 0 Å². The van der Waals surface area contributed by atoms with Gasteiger partial charge in [-0.15, -0.1) is 0 Å². The van der Waals surface area contributed by atoms with Crippen molar-refractivity contribution in [3.63, 3.8) is 0 Å². The number of alkyl halides is 1. The molecular weight excluding hydrogens is 433 g/mol. The summed E-state index contributed by atoms with van der Waals surface area (Å²) in [6, 6.07) is 20.8. The second kappa shape index (κ2) is 6.91. The zero-order valence-electron chi connectivity index (χ0n) is 13.0. The molecule has 0 bridgehead atoms. The van der Waals surface area contributed by atoms with Crippen LogP contribution in [0.5, 0.6) is 0 Å². The van der Waals surface area contributed by atoms with Crippen LogP contribution in [0.3, 0.4) is 0 Å². The summed E-state index contributed by atoms with van der Waals surface area (Å²) in [5.74, 6) is 0.588. The molecule has 1 amide bonds. The maximum absolute atomic E-state index is 12.4. The van der Waals surface area contributed by atoms with Crippen LogP contribution in [0.1, 0.15) is 5.56 Å². The van der Waals surface area contributed by atoms with Crippen molar-refractivity contribution in [3.05, 3.63) is 66.2 Å². The molecule has 3 nitrogen and oxygen atoms in total. The summed E-state index contributed by atoms with van der Waals surface area (Å²) in [5.41, 5.74) is 1.03. The summed E-state index contributed by atoms with van der Waals surface area (Å²) in [6.45, 7) is 1.16. The number of nitrogens with zero attached hydrogens (tertiary/aromatic N) is 1. The second-order valence-corrected chi connectivity index (χ2v) is 9.87. The van der Waals surface area contributed by atoms with Crippen LogP contribution < -0.4 is 4.46 Å². The van der Waals surface area contributed by atoms with E-state index >= 15 is 0 Å². The van der Waals surface area contributed by atoms with Crippen molar-refractivity contribution >= 4 is 41.4 Å². The van der Waals surface area contributed by atoms with Gasteiger partial charge in [-0.2, -0.15) is 0 Å². The summed E-state index contributed by atoms with van der Waals surface area (Å²) in [5, 5.41) is 0. The van der Waals surface area contributed by atoms with Gasteiger partial charge in [0.1, 0.15) is 0 Å². The van der Waals surface area contributed by atoms with Crippen LogP contribution in [0.4, 0.5) is 4.79 Å². The third kappa shape index (κ3) is 3.01. The molecule has 4 atom stereocenters. The minimum atomic E-state index is -0.173. The van der Waals surface area contributed by atoms with E-state index in [0.29, 0.717) is 43.2 Å². The van der Waals surface area contributed by atoms with Gasteiger partial charge in [-0.1, -0.05) is 0 Å². The van der Waals surface area contributed by atoms with Crippen molar-refractivity contribution in [3.8, 4) is 0 Å². The number of benzene rings is 2. The summed E-state index contributed by atoms with van der Waals surface area (Å²) in [7, 11) is 0. The van der Waals surface area contributed by atoms with Gasteiger partial charge in [0.05, 0.1) is 0 Å². The van der Waals surface area contributed by atoms with E-state index in [2.05, 4.69) is 40.2 Å². The van der Waals surface area contributed by atoms with E-state index in [9.17, 15) is 4.79 Å². The number of ether oxygens (including phenoxy) is 1. The summed E-state index contributed by atoms with van der Waals surface area (Å²) in [4.78, 5) is 15.4. The van der Waals surface area contributed by atoms with E-state index in [4.69, 9.17) is 4.74 Å². The maximum atomic E-state index is 12.4. The summed E-state index contributed by atoms with van der Waals surface area (Å²) in [6.07, 6.45) is -0.173. The third-order valence-electron chi connectivity index (χ3n) is 4.72. The van der Waals surface area contributed by atoms with Crippen molar-refractivity contribution in [1.82, 2.24) is 4.90 Å². The van der Waals surface area contributed by atoms with E-state index in [1.807, 2.05) is 41.3 Å². The zero-order chi connectivity index (χ0) is 16.5. The molecule has 4 rings (SSSR count). The molecule has 124 valence electrons. The first kappa shape index (κ1) is 16.2. The van der Waals surface area contributed by atoms with Crippen molar-refractivity contribution in [2.75, 3.05) is 6.54 Å². The first-order valence-corrected chi connectivity index (χ1v) is 10.8. The predicted molar refractivity (Wildman–Crippen MR) is 98.9 cm³/mol. The van der Waals surface area contributed by atoms with Crippen molar-refractivity contribution in [2.24, 2.45) is 5.92 Å². The Kier molecular flexibility index (Phi) is 4.66. The summed E-state index contributed by atoms with van der Waals surface area (Å²) >= 11 is 4.20. The molecule has 0 N–H and O–H groups in total. The van der Waals surface area contributed by atoms with E-state index in [1.165, 1.54) is 4.46 Å². The van der Waals surface area contributed by atoms with Crippen LogP contribution in [0.2, 0.25) is 4.82 Å². The molecule has 1 unspecified atom stereocenters. The summed E-state index contributed by atoms with van der Waals surface area (Å²) < 4.78 is 6.89. The molecule has 24 heavy (non-hydrogen) atoms. The van der Waals surface area contributed by atoms with E-state index in [1.54, 1.807) is 0 Å². The topological polar surface area (TPSA) is 29.5 Å². The number of hydrogen-bond donors (Lipinski definition) is 0. The number of amides is 1. The number of halogens is 1. The zero-order valence-corrected chi connectivity index (χ0v) is 16.3. The Balaban J connectivity index is 1.35. The normalized spacial score (nSPS) is 27.6. The molecule has 1 aliphatic carbocycles. The molecule has 0 spiro atoms. The minimum absolute atomic E-state index is 0.173. The Morgan fingerprint density at radius 2 is 1.79 bits per heavy atom. The number of hydrogen-bond acceptors (Lipinski definition) is 2. The number of likely N-dealkylation sites (tertiary alicyclic amines) is 1. The number of piperidine rings is 1. The molecule has 1 heterocycles. The number of carbonyl (C=O) groups is 1. The Labute approximate surface area is 156 Å². The Morgan fingerprint density at radius 1 is 1.12 bits per heavy atom. The molecule has 2 aliphatic rings. The predicted octanol–water partition coefficient (Wildman–Crippen LogP) is 3.22. The Bertz CT molecular complexity index is 712. The first-order chi connectivity index (χ1) is 11.7. The van der Waals surface area contributed by atoms with Gasteiger partial charge in [-0.05, 0) is 0 Å². The molecule has 1 aliphatic heterocycles. The molecule has 2 aromatic rings. The molecular formula is C19H18BrNO2Se. The molecule has 0 aromatic heterocycles. The third-order valence-corrected chi connectivity index (χ3v) is 9.67. The van der Waals surface area contributed by atoms with Gasteiger partial charge in [-0.3, -0.25) is 0 Å². The van der Waals surface area contributed by atoms with Gasteiger partial charge in [0.15, 0.2) is 0 Å². The van der Waals surface area contributed by atoms with Crippen LogP contribution >= 0.6 is 15.9 Å². The van der Waals surface area contributed by atoms with Gasteiger partial charge in [0, 0.05) is 0 Å². The molecule has 2 aromatic carbocycles. The van der Waals surface area contributed by atoms with Crippen LogP contribution in [0, 0.1) is 5.92 Å². The SMILES string of the molecule is O=C(OCc1ccccc1)N1C[C@@H]2[C@H](Br)C([Se]c3ccccc3)[C@@H]21. The van der Waals surface area contributed by atoms with Crippen LogP contribution in [0.15, 0.2) is 60.7 Å². The molecule has 1 saturated heterocycles. The fourth-order valence-corrected chi connectivity index (χ4v) is 7.73.